The summed E-state index contributed by atoms with van der Waals surface area (Å²) >= 11 is 10.9. The fraction of sp³-hybridized carbons (Fsp3) is 0.533. The highest BCUT2D eigenvalue weighted by molar-refractivity contribution is 9.10. The molecule has 132 valence electrons. The van der Waals surface area contributed by atoms with Crippen LogP contribution in [0.3, 0.4) is 0 Å². The number of carbonyl (C=O) groups is 1. The molecule has 0 saturated carbocycles. The van der Waals surface area contributed by atoms with Crippen LogP contribution in [0.5, 0.6) is 0 Å². The Balaban J connectivity index is 2.18. The molecular formula is C15H19BrClN3O3S. The van der Waals surface area contributed by atoms with E-state index in [4.69, 9.17) is 20.8 Å². The van der Waals surface area contributed by atoms with E-state index in [2.05, 4.69) is 31.2 Å². The Morgan fingerprint density at radius 2 is 2.12 bits per heavy atom. The highest BCUT2D eigenvalue weighted by Gasteiger charge is 2.22. The van der Waals surface area contributed by atoms with Crippen LogP contribution in [0.15, 0.2) is 13.9 Å². The van der Waals surface area contributed by atoms with Crippen molar-refractivity contribution >= 4 is 56.5 Å². The van der Waals surface area contributed by atoms with Crippen LogP contribution >= 0.6 is 39.3 Å². The maximum atomic E-state index is 11.8. The maximum absolute atomic E-state index is 11.8. The van der Waals surface area contributed by atoms with Crippen LogP contribution in [0.1, 0.15) is 33.5 Å². The highest BCUT2D eigenvalue weighted by atomic mass is 79.9. The number of ether oxygens (including phenoxy) is 1. The molecule has 1 N–H and O–H groups in total. The number of hydrogen-bond donors (Lipinski definition) is 1. The number of carbonyl (C=O) groups excluding carboxylic acids is 1. The van der Waals surface area contributed by atoms with Crippen LogP contribution in [0.2, 0.25) is 5.28 Å². The van der Waals surface area contributed by atoms with Crippen molar-refractivity contribution in [3.63, 3.8) is 0 Å². The minimum atomic E-state index is -0.538. The molecule has 1 amide bonds. The monoisotopic (exact) mass is 435 g/mol. The second-order valence-electron chi connectivity index (χ2n) is 6.27. The van der Waals surface area contributed by atoms with Gasteiger partial charge in [-0.25, -0.2) is 14.8 Å². The Hall–Kier alpha value is -0.990. The van der Waals surface area contributed by atoms with Crippen LogP contribution in [0.25, 0.3) is 11.1 Å². The van der Waals surface area contributed by atoms with E-state index >= 15 is 0 Å². The second kappa shape index (κ2) is 7.49. The largest absolute Gasteiger partial charge is 0.455 e. The Morgan fingerprint density at radius 3 is 2.71 bits per heavy atom. The molecule has 0 bridgehead atoms. The average molecular weight is 437 g/mol. The molecule has 2 aromatic rings. The molecule has 0 unspecified atom stereocenters. The van der Waals surface area contributed by atoms with Gasteiger partial charge in [-0.05, 0) is 61.5 Å². The Bertz CT molecular complexity index is 760. The molecule has 0 aliphatic rings. The number of halogens is 2. The number of thioether (sulfide) groups is 1. The smallest absolute Gasteiger partial charge is 0.407 e. The van der Waals surface area contributed by atoms with Gasteiger partial charge in [0.05, 0.1) is 4.47 Å². The summed E-state index contributed by atoms with van der Waals surface area (Å²) in [6, 6.07) is -0.183. The summed E-state index contributed by atoms with van der Waals surface area (Å²) < 4.78 is 11.9. The van der Waals surface area contributed by atoms with Crippen LogP contribution in [0, 0.1) is 0 Å². The predicted molar refractivity (Wildman–Crippen MR) is 98.8 cm³/mol. The van der Waals surface area contributed by atoms with Gasteiger partial charge in [-0.3, -0.25) is 0 Å². The molecule has 9 heteroatoms. The average Bonchev–Trinajstić information content (AvgIpc) is 2.73. The Morgan fingerprint density at radius 1 is 1.46 bits per heavy atom. The number of rotatable bonds is 4. The van der Waals surface area contributed by atoms with Crippen molar-refractivity contribution in [2.45, 2.75) is 50.8 Å². The van der Waals surface area contributed by atoms with E-state index in [0.717, 1.165) is 4.47 Å². The lowest BCUT2D eigenvalue weighted by atomic mass is 10.2. The van der Waals surface area contributed by atoms with Gasteiger partial charge in [0.15, 0.2) is 5.58 Å². The first-order valence-corrected chi connectivity index (χ1v) is 9.68. The molecule has 0 fully saturated rings. The topological polar surface area (TPSA) is 77.2 Å². The number of fused-ring (bicyclic) bond motifs is 1. The quantitative estimate of drug-likeness (QED) is 0.421. The molecule has 6 nitrogen and oxygen atoms in total. The van der Waals surface area contributed by atoms with Crippen LogP contribution in [-0.4, -0.2) is 34.0 Å². The number of alkyl carbamates (subject to hydrolysis) is 1. The fourth-order valence-electron chi connectivity index (χ4n) is 2.05. The summed E-state index contributed by atoms with van der Waals surface area (Å²) in [5, 5.41) is 3.62. The van der Waals surface area contributed by atoms with Gasteiger partial charge in [0, 0.05) is 12.5 Å². The lowest BCUT2D eigenvalue weighted by Gasteiger charge is -2.21. The normalized spacial score (nSPS) is 13.1. The summed E-state index contributed by atoms with van der Waals surface area (Å²) in [5.74, 6) is 0.667. The first kappa shape index (κ1) is 19.3. The number of furan rings is 1. The van der Waals surface area contributed by atoms with Crippen molar-refractivity contribution in [2.75, 3.05) is 6.26 Å². The summed E-state index contributed by atoms with van der Waals surface area (Å²) in [5.41, 5.74) is 0.667. The lowest BCUT2D eigenvalue weighted by molar-refractivity contribution is 0.0507. The molecule has 0 radical (unpaired) electrons. The molecular weight excluding hydrogens is 418 g/mol. The van der Waals surface area contributed by atoms with Crippen molar-refractivity contribution in [1.29, 1.82) is 0 Å². The molecule has 0 spiro atoms. The third-order valence-corrected chi connectivity index (χ3v) is 4.58. The number of aromatic nitrogens is 2. The predicted octanol–water partition coefficient (Wildman–Crippen LogP) is 4.82. The minimum Gasteiger partial charge on any atom is -0.455 e. The molecule has 2 heterocycles. The van der Waals surface area contributed by atoms with Gasteiger partial charge in [-0.1, -0.05) is 0 Å². The first-order valence-electron chi connectivity index (χ1n) is 7.28. The molecule has 0 aliphatic heterocycles. The zero-order valence-electron chi connectivity index (χ0n) is 14.1. The molecule has 2 rings (SSSR count). The van der Waals surface area contributed by atoms with E-state index in [9.17, 15) is 4.79 Å². The summed E-state index contributed by atoms with van der Waals surface area (Å²) in [7, 11) is 0. The van der Waals surface area contributed by atoms with Crippen LogP contribution < -0.4 is 5.32 Å². The molecule has 0 saturated heterocycles. The van der Waals surface area contributed by atoms with Gasteiger partial charge >= 0.3 is 6.09 Å². The zero-order valence-corrected chi connectivity index (χ0v) is 17.2. The summed E-state index contributed by atoms with van der Waals surface area (Å²) in [6.45, 7) is 7.33. The summed E-state index contributed by atoms with van der Waals surface area (Å²) in [6.07, 6.45) is 1.90. The van der Waals surface area contributed by atoms with Gasteiger partial charge < -0.3 is 14.5 Å². The van der Waals surface area contributed by atoms with Crippen molar-refractivity contribution in [3.05, 3.63) is 15.5 Å². The van der Waals surface area contributed by atoms with Crippen LogP contribution in [-0.2, 0) is 11.2 Å². The Kier molecular flexibility index (Phi) is 6.04. The van der Waals surface area contributed by atoms with E-state index in [1.165, 1.54) is 11.8 Å². The molecule has 0 aromatic carbocycles. The van der Waals surface area contributed by atoms with Gasteiger partial charge in [0.2, 0.25) is 5.28 Å². The first-order chi connectivity index (χ1) is 11.1. The molecule has 2 aromatic heterocycles. The highest BCUT2D eigenvalue weighted by Crippen LogP contribution is 2.35. The number of nitrogens with zero attached hydrogens (tertiary/aromatic N) is 2. The number of hydrogen-bond acceptors (Lipinski definition) is 6. The Labute approximate surface area is 158 Å². The van der Waals surface area contributed by atoms with Gasteiger partial charge in [-0.15, -0.1) is 11.8 Å². The van der Waals surface area contributed by atoms with Crippen molar-refractivity contribution in [3.8, 4) is 0 Å². The van der Waals surface area contributed by atoms with E-state index in [1.807, 2.05) is 34.0 Å². The third kappa shape index (κ3) is 4.77. The number of nitrogens with one attached hydrogen (secondary N) is 1. The minimum absolute atomic E-state index is 0.167. The second-order valence-corrected chi connectivity index (χ2v) is 8.20. The van der Waals surface area contributed by atoms with Crippen LogP contribution in [0.4, 0.5) is 4.79 Å². The van der Waals surface area contributed by atoms with Gasteiger partial charge in [-0.2, -0.15) is 0 Å². The maximum Gasteiger partial charge on any atom is 0.407 e. The SMILES string of the molecule is CSc1nc(Cl)nc2c(Br)c(C[C@H](C)NC(=O)OC(C)(C)C)oc12. The third-order valence-electron chi connectivity index (χ3n) is 2.93. The zero-order chi connectivity index (χ0) is 18.1. The van der Waals surface area contributed by atoms with E-state index in [-0.39, 0.29) is 11.3 Å². The molecule has 0 aliphatic carbocycles. The van der Waals surface area contributed by atoms with Crippen molar-refractivity contribution in [1.82, 2.24) is 15.3 Å². The summed E-state index contributed by atoms with van der Waals surface area (Å²) in [4.78, 5) is 20.2. The lowest BCUT2D eigenvalue weighted by Crippen LogP contribution is -2.38. The standard InChI is InChI=1S/C15H19BrClN3O3S/c1-7(18-14(21)23-15(2,3)4)6-8-9(16)10-11(22-8)12(24-5)20-13(17)19-10/h7H,6H2,1-5H3,(H,18,21)/t7-/m0/s1. The fourth-order valence-corrected chi connectivity index (χ4v) is 3.28. The van der Waals surface area contributed by atoms with E-state index < -0.39 is 11.7 Å². The van der Waals surface area contributed by atoms with E-state index in [1.54, 1.807) is 0 Å². The van der Waals surface area contributed by atoms with Gasteiger partial charge in [0.25, 0.3) is 0 Å². The van der Waals surface area contributed by atoms with Gasteiger partial charge in [0.1, 0.15) is 21.9 Å². The van der Waals surface area contributed by atoms with Crippen molar-refractivity contribution in [2.24, 2.45) is 0 Å². The number of amides is 1. The van der Waals surface area contributed by atoms with Crippen molar-refractivity contribution < 1.29 is 13.9 Å². The molecule has 1 atom stereocenters. The molecule has 24 heavy (non-hydrogen) atoms. The van der Waals surface area contributed by atoms with E-state index in [0.29, 0.717) is 28.3 Å².